The Kier molecular flexibility index (Phi) is 4.31. The van der Waals surface area contributed by atoms with E-state index in [9.17, 15) is 4.79 Å². The second-order valence-electron chi connectivity index (χ2n) is 3.22. The van der Waals surface area contributed by atoms with E-state index in [1.807, 2.05) is 0 Å². The number of nitrogens with two attached hydrogens (primary N) is 1. The smallest absolute Gasteiger partial charge is 0.264 e. The van der Waals surface area contributed by atoms with Crippen molar-refractivity contribution < 1.29 is 10.0 Å². The van der Waals surface area contributed by atoms with E-state index in [1.54, 1.807) is 26.1 Å². The van der Waals surface area contributed by atoms with Crippen molar-refractivity contribution in [1.82, 2.24) is 4.90 Å². The molecule has 0 fully saturated rings. The highest BCUT2D eigenvalue weighted by atomic mass is 79.9. The molecular formula is C9H12BrN3O2S. The first-order valence-electron chi connectivity index (χ1n) is 4.47. The van der Waals surface area contributed by atoms with E-state index < -0.39 is 6.04 Å². The van der Waals surface area contributed by atoms with E-state index in [-0.39, 0.29) is 11.7 Å². The topological polar surface area (TPSA) is 78.9 Å². The van der Waals surface area contributed by atoms with Gasteiger partial charge in [0.25, 0.3) is 5.91 Å². The fraction of sp³-hybridized carbons (Fsp3) is 0.333. The number of halogens is 1. The number of hydrogen-bond acceptors (Lipinski definition) is 4. The molecule has 0 saturated heterocycles. The SMILES string of the molecule is CC(C(N)=NO)N(C)C(=O)c1ccc(Br)s1. The summed E-state index contributed by atoms with van der Waals surface area (Å²) in [5, 5.41) is 11.4. The van der Waals surface area contributed by atoms with Gasteiger partial charge in [-0.05, 0) is 35.0 Å². The standard InChI is InChI=1S/C9H12BrN3O2S/c1-5(8(11)12-15)13(2)9(14)6-3-4-7(10)16-6/h3-5,15H,1-2H3,(H2,11,12). The fourth-order valence-corrected chi connectivity index (χ4v) is 2.43. The summed E-state index contributed by atoms with van der Waals surface area (Å²) in [6, 6.07) is 3.09. The van der Waals surface area contributed by atoms with Gasteiger partial charge < -0.3 is 15.8 Å². The third kappa shape index (κ3) is 2.73. The Labute approximate surface area is 106 Å². The Bertz CT molecular complexity index is 419. The molecule has 3 N–H and O–H groups in total. The van der Waals surface area contributed by atoms with Crippen LogP contribution in [0.2, 0.25) is 0 Å². The first-order valence-corrected chi connectivity index (χ1v) is 6.08. The maximum absolute atomic E-state index is 11.9. The maximum atomic E-state index is 11.9. The van der Waals surface area contributed by atoms with Crippen LogP contribution in [0.4, 0.5) is 0 Å². The third-order valence-electron chi connectivity index (χ3n) is 2.23. The maximum Gasteiger partial charge on any atom is 0.264 e. The summed E-state index contributed by atoms with van der Waals surface area (Å²) in [6.45, 7) is 1.69. The van der Waals surface area contributed by atoms with Crippen LogP contribution in [0.1, 0.15) is 16.6 Å². The van der Waals surface area contributed by atoms with Crippen molar-refractivity contribution in [2.45, 2.75) is 13.0 Å². The largest absolute Gasteiger partial charge is 0.409 e. The predicted octanol–water partition coefficient (Wildman–Crippen LogP) is 1.72. The van der Waals surface area contributed by atoms with Gasteiger partial charge in [0.15, 0.2) is 5.84 Å². The van der Waals surface area contributed by atoms with E-state index in [0.717, 1.165) is 3.79 Å². The number of amides is 1. The number of carbonyl (C=O) groups is 1. The molecule has 0 spiro atoms. The number of carbonyl (C=O) groups excluding carboxylic acids is 1. The van der Waals surface area contributed by atoms with Crippen LogP contribution in [-0.2, 0) is 0 Å². The lowest BCUT2D eigenvalue weighted by Gasteiger charge is -2.22. The first-order chi connectivity index (χ1) is 7.47. The minimum atomic E-state index is -0.446. The summed E-state index contributed by atoms with van der Waals surface area (Å²) in [5.74, 6) is -0.152. The van der Waals surface area contributed by atoms with Gasteiger partial charge in [-0.1, -0.05) is 5.16 Å². The normalized spacial score (nSPS) is 13.6. The number of thiophene rings is 1. The quantitative estimate of drug-likeness (QED) is 0.386. The highest BCUT2D eigenvalue weighted by molar-refractivity contribution is 9.11. The molecule has 7 heteroatoms. The first kappa shape index (κ1) is 13.0. The van der Waals surface area contributed by atoms with Crippen LogP contribution >= 0.6 is 27.3 Å². The molecule has 0 radical (unpaired) electrons. The highest BCUT2D eigenvalue weighted by Crippen LogP contribution is 2.23. The molecule has 0 aromatic carbocycles. The monoisotopic (exact) mass is 305 g/mol. The molecule has 5 nitrogen and oxygen atoms in total. The van der Waals surface area contributed by atoms with Crippen molar-refractivity contribution in [2.75, 3.05) is 7.05 Å². The highest BCUT2D eigenvalue weighted by Gasteiger charge is 2.21. The van der Waals surface area contributed by atoms with Gasteiger partial charge in [0.2, 0.25) is 0 Å². The zero-order valence-corrected chi connectivity index (χ0v) is 11.2. The molecule has 0 aliphatic carbocycles. The van der Waals surface area contributed by atoms with Crippen molar-refractivity contribution >= 4 is 39.0 Å². The van der Waals surface area contributed by atoms with E-state index in [4.69, 9.17) is 10.9 Å². The molecule has 1 atom stereocenters. The number of nitrogens with zero attached hydrogens (tertiary/aromatic N) is 2. The van der Waals surface area contributed by atoms with Crippen LogP contribution in [0.25, 0.3) is 0 Å². The molecule has 0 aliphatic heterocycles. The summed E-state index contributed by atoms with van der Waals surface area (Å²) in [4.78, 5) is 14.0. The molecule has 16 heavy (non-hydrogen) atoms. The van der Waals surface area contributed by atoms with Crippen LogP contribution < -0.4 is 5.73 Å². The van der Waals surface area contributed by atoms with Gasteiger partial charge >= 0.3 is 0 Å². The second-order valence-corrected chi connectivity index (χ2v) is 5.68. The Hall–Kier alpha value is -1.08. The van der Waals surface area contributed by atoms with E-state index in [2.05, 4.69) is 21.1 Å². The molecule has 0 bridgehead atoms. The van der Waals surface area contributed by atoms with Crippen molar-refractivity contribution in [3.8, 4) is 0 Å². The number of oxime groups is 1. The van der Waals surface area contributed by atoms with Gasteiger partial charge in [-0.3, -0.25) is 4.79 Å². The number of amidine groups is 1. The average Bonchev–Trinajstić information content (AvgIpc) is 2.71. The second kappa shape index (κ2) is 5.31. The molecule has 0 aliphatic rings. The zero-order valence-electron chi connectivity index (χ0n) is 8.85. The average molecular weight is 306 g/mol. The number of rotatable bonds is 3. The molecular weight excluding hydrogens is 294 g/mol. The summed E-state index contributed by atoms with van der Waals surface area (Å²) >= 11 is 4.63. The van der Waals surface area contributed by atoms with Crippen LogP contribution in [-0.4, -0.2) is 34.9 Å². The van der Waals surface area contributed by atoms with E-state index >= 15 is 0 Å². The Morgan fingerprint density at radius 1 is 1.69 bits per heavy atom. The summed E-state index contributed by atoms with van der Waals surface area (Å²) in [7, 11) is 1.61. The van der Waals surface area contributed by atoms with Gasteiger partial charge in [0.05, 0.1) is 14.7 Å². The fourth-order valence-electron chi connectivity index (χ4n) is 1.06. The lowest BCUT2D eigenvalue weighted by Crippen LogP contribution is -2.43. The van der Waals surface area contributed by atoms with Gasteiger partial charge in [-0.25, -0.2) is 0 Å². The van der Waals surface area contributed by atoms with Gasteiger partial charge in [0.1, 0.15) is 0 Å². The Morgan fingerprint density at radius 3 is 2.75 bits per heavy atom. The molecule has 1 rings (SSSR count). The molecule has 1 amide bonds. The van der Waals surface area contributed by atoms with Gasteiger partial charge in [-0.2, -0.15) is 0 Å². The van der Waals surface area contributed by atoms with Crippen molar-refractivity contribution in [3.63, 3.8) is 0 Å². The third-order valence-corrected chi connectivity index (χ3v) is 3.84. The molecule has 1 aromatic rings. The van der Waals surface area contributed by atoms with Crippen molar-refractivity contribution in [3.05, 3.63) is 20.8 Å². The minimum absolute atomic E-state index is 0.00599. The van der Waals surface area contributed by atoms with Crippen LogP contribution in [0.3, 0.4) is 0 Å². The Balaban J connectivity index is 2.82. The summed E-state index contributed by atoms with van der Waals surface area (Å²) in [6.07, 6.45) is 0. The lowest BCUT2D eigenvalue weighted by molar-refractivity contribution is 0.0781. The van der Waals surface area contributed by atoms with Crippen LogP contribution in [0, 0.1) is 0 Å². The zero-order chi connectivity index (χ0) is 12.3. The van der Waals surface area contributed by atoms with Gasteiger partial charge in [-0.15, -0.1) is 11.3 Å². The molecule has 1 unspecified atom stereocenters. The number of hydrogen-bond donors (Lipinski definition) is 2. The molecule has 1 heterocycles. The van der Waals surface area contributed by atoms with Gasteiger partial charge in [0, 0.05) is 7.05 Å². The molecule has 0 saturated carbocycles. The van der Waals surface area contributed by atoms with E-state index in [1.165, 1.54) is 16.2 Å². The minimum Gasteiger partial charge on any atom is -0.409 e. The van der Waals surface area contributed by atoms with E-state index in [0.29, 0.717) is 4.88 Å². The lowest BCUT2D eigenvalue weighted by atomic mass is 10.2. The Morgan fingerprint density at radius 2 is 2.31 bits per heavy atom. The van der Waals surface area contributed by atoms with Crippen molar-refractivity contribution in [2.24, 2.45) is 10.9 Å². The predicted molar refractivity (Wildman–Crippen MR) is 67.0 cm³/mol. The van der Waals surface area contributed by atoms with Crippen molar-refractivity contribution in [1.29, 1.82) is 0 Å². The van der Waals surface area contributed by atoms with Crippen LogP contribution in [0.15, 0.2) is 21.1 Å². The number of likely N-dealkylation sites (N-methyl/N-ethyl adjacent to an activating group) is 1. The summed E-state index contributed by atoms with van der Waals surface area (Å²) in [5.41, 5.74) is 5.44. The summed E-state index contributed by atoms with van der Waals surface area (Å²) < 4.78 is 0.890. The molecule has 1 aromatic heterocycles. The van der Waals surface area contributed by atoms with Crippen LogP contribution in [0.5, 0.6) is 0 Å². The molecule has 88 valence electrons.